The second-order valence-electron chi connectivity index (χ2n) is 13.9. The van der Waals surface area contributed by atoms with Crippen molar-refractivity contribution in [2.75, 3.05) is 50.8 Å². The van der Waals surface area contributed by atoms with E-state index in [0.717, 1.165) is 56.7 Å². The Morgan fingerprint density at radius 2 is 1.94 bits per heavy atom. The Balaban J connectivity index is 1.31. The van der Waals surface area contributed by atoms with Crippen molar-refractivity contribution in [1.29, 1.82) is 5.26 Å². The third kappa shape index (κ3) is 6.60. The van der Waals surface area contributed by atoms with E-state index in [2.05, 4.69) is 41.0 Å². The number of rotatable bonds is 8. The number of thioether (sulfide) groups is 1. The number of pyridine rings is 1. The normalized spacial score (nSPS) is 28.6. The van der Waals surface area contributed by atoms with Crippen LogP contribution in [0.5, 0.6) is 6.01 Å². The first-order valence-corrected chi connectivity index (χ1v) is 17.7. The summed E-state index contributed by atoms with van der Waals surface area (Å²) < 4.78 is 73.1. The fourth-order valence-corrected chi connectivity index (χ4v) is 8.78. The van der Waals surface area contributed by atoms with Gasteiger partial charge in [-0.1, -0.05) is 24.8 Å². The molecule has 2 saturated heterocycles. The molecule has 0 aromatic carbocycles. The smallest absolute Gasteiger partial charge is 0.420 e. The molecule has 0 amide bonds. The Morgan fingerprint density at radius 3 is 2.61 bits per heavy atom. The van der Waals surface area contributed by atoms with E-state index in [-0.39, 0.29) is 63.4 Å². The molecule has 5 atom stereocenters. The van der Waals surface area contributed by atoms with E-state index < -0.39 is 34.4 Å². The molecule has 0 bridgehead atoms. The lowest BCUT2D eigenvalue weighted by Crippen LogP contribution is -2.50. The molecule has 10 nitrogen and oxygen atoms in total. The number of nitriles is 1. The van der Waals surface area contributed by atoms with Gasteiger partial charge in [-0.25, -0.2) is 4.39 Å². The number of morpholine rings is 1. The third-order valence-electron chi connectivity index (χ3n) is 10.1. The molecule has 1 saturated carbocycles. The molecular weight excluding hydrogens is 660 g/mol. The summed E-state index contributed by atoms with van der Waals surface area (Å²) in [6, 6.07) is 1.98. The van der Waals surface area contributed by atoms with Crippen LogP contribution in [0.25, 0.3) is 16.5 Å². The van der Waals surface area contributed by atoms with Crippen molar-refractivity contribution >= 4 is 34.1 Å². The van der Waals surface area contributed by atoms with Crippen molar-refractivity contribution in [2.24, 2.45) is 17.1 Å². The maximum absolute atomic E-state index is 15.3. The van der Waals surface area contributed by atoms with Gasteiger partial charge in [-0.05, 0) is 44.8 Å². The van der Waals surface area contributed by atoms with E-state index in [1.165, 1.54) is 12.3 Å². The van der Waals surface area contributed by atoms with Crippen LogP contribution >= 0.6 is 11.8 Å². The highest BCUT2D eigenvalue weighted by Crippen LogP contribution is 2.53. The van der Waals surface area contributed by atoms with Crippen LogP contribution in [0.1, 0.15) is 51.3 Å². The van der Waals surface area contributed by atoms with E-state index in [1.54, 1.807) is 0 Å². The number of piperazine rings is 1. The maximum Gasteiger partial charge on any atom is 0.420 e. The number of anilines is 1. The average Bonchev–Trinajstić information content (AvgIpc) is 3.73. The molecule has 3 aliphatic heterocycles. The lowest BCUT2D eigenvalue weighted by atomic mass is 9.82. The summed E-state index contributed by atoms with van der Waals surface area (Å²) in [5.74, 6) is -1.27. The molecule has 3 N–H and O–H groups in total. The molecule has 15 heteroatoms. The summed E-state index contributed by atoms with van der Waals surface area (Å²) in [5, 5.41) is 12.6. The minimum Gasteiger partial charge on any atom is -0.463 e. The minimum atomic E-state index is -4.91. The molecule has 3 fully saturated rings. The quantitative estimate of drug-likeness (QED) is 0.354. The lowest BCUT2D eigenvalue weighted by Gasteiger charge is -2.37. The van der Waals surface area contributed by atoms with Crippen LogP contribution in [0.3, 0.4) is 0 Å². The highest BCUT2D eigenvalue weighted by atomic mass is 32.2. The maximum atomic E-state index is 15.3. The van der Waals surface area contributed by atoms with Gasteiger partial charge in [-0.15, -0.1) is 0 Å². The van der Waals surface area contributed by atoms with E-state index in [1.807, 2.05) is 11.0 Å². The van der Waals surface area contributed by atoms with E-state index in [0.29, 0.717) is 25.5 Å². The summed E-state index contributed by atoms with van der Waals surface area (Å²) in [6.07, 6.45) is 1.76. The fourth-order valence-electron chi connectivity index (χ4n) is 7.59. The molecule has 262 valence electrons. The number of alkyl halides is 3. The average molecular weight is 701 g/mol. The standard InChI is InChI=1S/C34H40F4N8O2S/c1-4-20-15-46(10-9-41-20)31-23-12-42-27(21-5-6-24(35)29-25(21)22(11-39)30(40)49-29)26(34(36,37)38)28(23)43-32(44-31)47-17-33(7-8-33)16-45-13-18(2)48-19(3)14-45/h5-6,12,18-20,25,29,41H,4,7-10,13-17,40H2,1-3H3/t18-,19-,20?,25?,29?/m1/s1. The Hall–Kier alpha value is -3.45. The third-order valence-corrected chi connectivity index (χ3v) is 11.3. The SMILES string of the molecule is CCC1CN(c2nc(OCC3(CN4C[C@@H](C)O[C@H](C)C4)CC3)nc3c(C(F)(F)F)c(C4=CC=C(F)C5SC(N)=C(C#N)C45)ncc23)CCN1. The Bertz CT molecular complexity index is 1760. The summed E-state index contributed by atoms with van der Waals surface area (Å²) in [5.41, 5.74) is 4.15. The molecule has 3 unspecified atom stereocenters. The van der Waals surface area contributed by atoms with Gasteiger partial charge >= 0.3 is 12.2 Å². The highest BCUT2D eigenvalue weighted by Gasteiger charge is 2.48. The molecule has 2 aromatic heterocycles. The second-order valence-corrected chi connectivity index (χ2v) is 15.1. The number of ether oxygens (including phenoxy) is 2. The monoisotopic (exact) mass is 700 g/mol. The minimum absolute atomic E-state index is 0.0251. The molecule has 2 aliphatic carbocycles. The Labute approximate surface area is 286 Å². The van der Waals surface area contributed by atoms with Gasteiger partial charge in [0.1, 0.15) is 17.2 Å². The number of allylic oxidation sites excluding steroid dienone is 4. The first-order valence-electron chi connectivity index (χ1n) is 16.8. The van der Waals surface area contributed by atoms with Gasteiger partial charge in [0, 0.05) is 62.8 Å². The van der Waals surface area contributed by atoms with Crippen LogP contribution in [0, 0.1) is 22.7 Å². The van der Waals surface area contributed by atoms with Crippen molar-refractivity contribution in [3.63, 3.8) is 0 Å². The van der Waals surface area contributed by atoms with Gasteiger partial charge in [-0.2, -0.15) is 28.4 Å². The molecule has 2 aromatic rings. The summed E-state index contributed by atoms with van der Waals surface area (Å²) in [4.78, 5) is 17.9. The van der Waals surface area contributed by atoms with Crippen LogP contribution in [0.2, 0.25) is 0 Å². The van der Waals surface area contributed by atoms with Crippen LogP contribution in [0.15, 0.2) is 34.8 Å². The van der Waals surface area contributed by atoms with Gasteiger partial charge < -0.3 is 25.4 Å². The lowest BCUT2D eigenvalue weighted by molar-refractivity contribution is -0.136. The van der Waals surface area contributed by atoms with Gasteiger partial charge in [0.05, 0.1) is 57.3 Å². The number of hydrogen-bond donors (Lipinski definition) is 2. The molecule has 5 heterocycles. The molecule has 5 aliphatic rings. The fraction of sp³-hybridized carbons (Fsp3) is 0.588. The first kappa shape index (κ1) is 34.0. The zero-order chi connectivity index (χ0) is 34.7. The molecule has 7 rings (SSSR count). The summed E-state index contributed by atoms with van der Waals surface area (Å²) in [7, 11) is 0. The summed E-state index contributed by atoms with van der Waals surface area (Å²) >= 11 is 0.932. The number of hydrogen-bond acceptors (Lipinski definition) is 11. The van der Waals surface area contributed by atoms with Crippen molar-refractivity contribution in [3.05, 3.63) is 46.0 Å². The zero-order valence-electron chi connectivity index (χ0n) is 27.7. The topological polar surface area (TPSA) is 125 Å². The second kappa shape index (κ2) is 13.0. The van der Waals surface area contributed by atoms with Gasteiger partial charge in [0.15, 0.2) is 0 Å². The molecule has 0 spiro atoms. The predicted octanol–water partition coefficient (Wildman–Crippen LogP) is 5.18. The zero-order valence-corrected chi connectivity index (χ0v) is 28.5. The van der Waals surface area contributed by atoms with Crippen LogP contribution in [-0.4, -0.2) is 89.2 Å². The van der Waals surface area contributed by atoms with E-state index >= 15 is 13.2 Å². The van der Waals surface area contributed by atoms with Gasteiger partial charge in [0.2, 0.25) is 0 Å². The Morgan fingerprint density at radius 1 is 1.18 bits per heavy atom. The van der Waals surface area contributed by atoms with Crippen LogP contribution in [-0.2, 0) is 10.9 Å². The number of nitrogens with one attached hydrogen (secondary N) is 1. The number of nitrogens with two attached hydrogens (primary N) is 1. The van der Waals surface area contributed by atoms with Crippen molar-refractivity contribution in [3.8, 4) is 12.1 Å². The molecule has 49 heavy (non-hydrogen) atoms. The van der Waals surface area contributed by atoms with Crippen LogP contribution < -0.4 is 20.7 Å². The Kier molecular flexibility index (Phi) is 9.04. The predicted molar refractivity (Wildman–Crippen MR) is 179 cm³/mol. The number of halogens is 4. The van der Waals surface area contributed by atoms with Gasteiger partial charge in [0.25, 0.3) is 0 Å². The van der Waals surface area contributed by atoms with Crippen molar-refractivity contribution in [2.45, 2.75) is 69.7 Å². The van der Waals surface area contributed by atoms with Crippen molar-refractivity contribution < 1.29 is 27.0 Å². The number of aromatic nitrogens is 3. The highest BCUT2D eigenvalue weighted by molar-refractivity contribution is 8.04. The van der Waals surface area contributed by atoms with Crippen molar-refractivity contribution in [1.82, 2.24) is 25.2 Å². The van der Waals surface area contributed by atoms with E-state index in [4.69, 9.17) is 20.2 Å². The molecular formula is C34H40F4N8O2S. The first-order chi connectivity index (χ1) is 23.4. The summed E-state index contributed by atoms with van der Waals surface area (Å²) in [6.45, 7) is 10.5. The number of fused-ring (bicyclic) bond motifs is 2. The largest absolute Gasteiger partial charge is 0.463 e. The van der Waals surface area contributed by atoms with E-state index in [9.17, 15) is 9.65 Å². The molecule has 0 radical (unpaired) electrons. The number of nitrogens with zero attached hydrogens (tertiary/aromatic N) is 6. The van der Waals surface area contributed by atoms with Crippen LogP contribution in [0.4, 0.5) is 23.4 Å². The van der Waals surface area contributed by atoms with Gasteiger partial charge in [-0.3, -0.25) is 9.88 Å².